The smallest absolute Gasteiger partial charge is 0.0568 e. The average molecular weight is 325 g/mol. The highest BCUT2D eigenvalue weighted by molar-refractivity contribution is 9.10. The second-order valence-electron chi connectivity index (χ2n) is 4.48. The molecule has 0 saturated heterocycles. The standard InChI is InChI=1S/C15H15BrClN/c1-10-5-11(2)7-12(6-10)9-18-13-3-4-14(16)15(17)8-13/h3-8,18H,9H2,1-2H3. The van der Waals surface area contributed by atoms with Gasteiger partial charge in [-0.25, -0.2) is 0 Å². The molecular formula is C15H15BrClN. The van der Waals surface area contributed by atoms with Crippen LogP contribution in [0.5, 0.6) is 0 Å². The van der Waals surface area contributed by atoms with Crippen molar-refractivity contribution >= 4 is 33.2 Å². The molecule has 2 rings (SSSR count). The van der Waals surface area contributed by atoms with Gasteiger partial charge in [0.15, 0.2) is 0 Å². The number of aryl methyl sites for hydroxylation is 2. The Labute approximate surface area is 121 Å². The molecule has 0 amide bonds. The maximum Gasteiger partial charge on any atom is 0.0568 e. The van der Waals surface area contributed by atoms with Crippen LogP contribution < -0.4 is 5.32 Å². The number of benzene rings is 2. The number of rotatable bonds is 3. The van der Waals surface area contributed by atoms with E-state index < -0.39 is 0 Å². The van der Waals surface area contributed by atoms with Gasteiger partial charge in [0.25, 0.3) is 0 Å². The van der Waals surface area contributed by atoms with Crippen LogP contribution in [-0.2, 0) is 6.54 Å². The number of nitrogens with one attached hydrogen (secondary N) is 1. The van der Waals surface area contributed by atoms with E-state index in [0.717, 1.165) is 21.7 Å². The zero-order valence-corrected chi connectivity index (χ0v) is 12.8. The van der Waals surface area contributed by atoms with E-state index in [1.54, 1.807) is 0 Å². The average Bonchev–Trinajstić information content (AvgIpc) is 2.29. The molecule has 0 aliphatic heterocycles. The van der Waals surface area contributed by atoms with Gasteiger partial charge in [-0.2, -0.15) is 0 Å². The van der Waals surface area contributed by atoms with Crippen LogP contribution in [0.15, 0.2) is 40.9 Å². The van der Waals surface area contributed by atoms with E-state index in [-0.39, 0.29) is 0 Å². The van der Waals surface area contributed by atoms with Gasteiger partial charge in [0.2, 0.25) is 0 Å². The van der Waals surface area contributed by atoms with Crippen LogP contribution in [0.3, 0.4) is 0 Å². The van der Waals surface area contributed by atoms with Gasteiger partial charge in [-0.3, -0.25) is 0 Å². The van der Waals surface area contributed by atoms with Crippen molar-refractivity contribution in [2.45, 2.75) is 20.4 Å². The summed E-state index contributed by atoms with van der Waals surface area (Å²) in [4.78, 5) is 0. The van der Waals surface area contributed by atoms with Gasteiger partial charge < -0.3 is 5.32 Å². The van der Waals surface area contributed by atoms with Crippen LogP contribution in [0.2, 0.25) is 5.02 Å². The van der Waals surface area contributed by atoms with Crippen LogP contribution in [0.25, 0.3) is 0 Å². The van der Waals surface area contributed by atoms with Gasteiger partial charge >= 0.3 is 0 Å². The van der Waals surface area contributed by atoms with Gasteiger partial charge in [0.05, 0.1) is 5.02 Å². The van der Waals surface area contributed by atoms with Crippen molar-refractivity contribution in [2.75, 3.05) is 5.32 Å². The first-order valence-electron chi connectivity index (χ1n) is 5.81. The Balaban J connectivity index is 2.08. The molecule has 0 aliphatic carbocycles. The molecule has 0 spiro atoms. The Kier molecular flexibility index (Phi) is 4.31. The molecule has 2 aromatic rings. The van der Waals surface area contributed by atoms with E-state index >= 15 is 0 Å². The highest BCUT2D eigenvalue weighted by atomic mass is 79.9. The van der Waals surface area contributed by atoms with Crippen molar-refractivity contribution in [3.05, 3.63) is 62.6 Å². The first-order valence-corrected chi connectivity index (χ1v) is 6.98. The third-order valence-corrected chi connectivity index (χ3v) is 3.93. The summed E-state index contributed by atoms with van der Waals surface area (Å²) in [6.45, 7) is 5.04. The zero-order valence-electron chi connectivity index (χ0n) is 10.4. The van der Waals surface area contributed by atoms with Gasteiger partial charge in [-0.05, 0) is 53.5 Å². The second kappa shape index (κ2) is 5.77. The van der Waals surface area contributed by atoms with Crippen LogP contribution in [0, 0.1) is 13.8 Å². The van der Waals surface area contributed by atoms with E-state index in [0.29, 0.717) is 0 Å². The summed E-state index contributed by atoms with van der Waals surface area (Å²) in [5, 5.41) is 4.10. The van der Waals surface area contributed by atoms with Gasteiger partial charge in [-0.15, -0.1) is 0 Å². The predicted molar refractivity (Wildman–Crippen MR) is 82.4 cm³/mol. The molecule has 3 heteroatoms. The molecule has 94 valence electrons. The maximum atomic E-state index is 6.06. The van der Waals surface area contributed by atoms with Crippen molar-refractivity contribution < 1.29 is 0 Å². The molecule has 0 atom stereocenters. The Morgan fingerprint density at radius 3 is 2.33 bits per heavy atom. The van der Waals surface area contributed by atoms with Crippen LogP contribution in [-0.4, -0.2) is 0 Å². The molecule has 0 heterocycles. The third-order valence-electron chi connectivity index (χ3n) is 2.70. The molecule has 1 N–H and O–H groups in total. The number of hydrogen-bond acceptors (Lipinski definition) is 1. The van der Waals surface area contributed by atoms with Crippen LogP contribution in [0.1, 0.15) is 16.7 Å². The molecule has 0 radical (unpaired) electrons. The molecule has 2 aromatic carbocycles. The monoisotopic (exact) mass is 323 g/mol. The van der Waals surface area contributed by atoms with E-state index in [1.807, 2.05) is 18.2 Å². The minimum Gasteiger partial charge on any atom is -0.381 e. The van der Waals surface area contributed by atoms with Crippen molar-refractivity contribution in [1.29, 1.82) is 0 Å². The minimum atomic E-state index is 0.723. The van der Waals surface area contributed by atoms with Gasteiger partial charge in [0.1, 0.15) is 0 Å². The quantitative estimate of drug-likeness (QED) is 0.804. The Bertz CT molecular complexity index is 546. The summed E-state index contributed by atoms with van der Waals surface area (Å²) in [5.74, 6) is 0. The Morgan fingerprint density at radius 2 is 1.72 bits per heavy atom. The fourth-order valence-corrected chi connectivity index (χ4v) is 2.41. The summed E-state index contributed by atoms with van der Waals surface area (Å²) in [6, 6.07) is 12.5. The number of hydrogen-bond donors (Lipinski definition) is 1. The molecule has 0 fully saturated rings. The van der Waals surface area contributed by atoms with Gasteiger partial charge in [-0.1, -0.05) is 40.9 Å². The largest absolute Gasteiger partial charge is 0.381 e. The minimum absolute atomic E-state index is 0.723. The van der Waals surface area contributed by atoms with Crippen molar-refractivity contribution in [3.63, 3.8) is 0 Å². The lowest BCUT2D eigenvalue weighted by atomic mass is 10.1. The first-order chi connectivity index (χ1) is 8.54. The molecular weight excluding hydrogens is 310 g/mol. The van der Waals surface area contributed by atoms with E-state index in [9.17, 15) is 0 Å². The molecule has 0 saturated carbocycles. The molecule has 0 unspecified atom stereocenters. The lowest BCUT2D eigenvalue weighted by Crippen LogP contribution is -2.00. The fourth-order valence-electron chi connectivity index (χ4n) is 1.98. The summed E-state index contributed by atoms with van der Waals surface area (Å²) in [7, 11) is 0. The van der Waals surface area contributed by atoms with Crippen LogP contribution in [0.4, 0.5) is 5.69 Å². The highest BCUT2D eigenvalue weighted by Crippen LogP contribution is 2.25. The second-order valence-corrected chi connectivity index (χ2v) is 5.74. The molecule has 0 bridgehead atoms. The summed E-state index contributed by atoms with van der Waals surface area (Å²) in [5.41, 5.74) is 4.90. The van der Waals surface area contributed by atoms with Gasteiger partial charge in [0, 0.05) is 16.7 Å². The number of anilines is 1. The van der Waals surface area contributed by atoms with E-state index in [1.165, 1.54) is 16.7 Å². The van der Waals surface area contributed by atoms with E-state index in [2.05, 4.69) is 53.3 Å². The SMILES string of the molecule is Cc1cc(C)cc(CNc2ccc(Br)c(Cl)c2)c1. The molecule has 1 nitrogen and oxygen atoms in total. The molecule has 18 heavy (non-hydrogen) atoms. The zero-order chi connectivity index (χ0) is 13.1. The molecule has 0 aliphatic rings. The van der Waals surface area contributed by atoms with E-state index in [4.69, 9.17) is 11.6 Å². The Hall–Kier alpha value is -0.990. The van der Waals surface area contributed by atoms with Crippen LogP contribution >= 0.6 is 27.5 Å². The number of halogens is 2. The fraction of sp³-hybridized carbons (Fsp3) is 0.200. The molecule has 0 aromatic heterocycles. The Morgan fingerprint density at radius 1 is 1.06 bits per heavy atom. The normalized spacial score (nSPS) is 10.4. The third kappa shape index (κ3) is 3.50. The van der Waals surface area contributed by atoms with Crippen molar-refractivity contribution in [2.24, 2.45) is 0 Å². The highest BCUT2D eigenvalue weighted by Gasteiger charge is 2.00. The summed E-state index contributed by atoms with van der Waals surface area (Å²) in [6.07, 6.45) is 0. The topological polar surface area (TPSA) is 12.0 Å². The predicted octanol–water partition coefficient (Wildman–Crippen LogP) is 5.33. The summed E-state index contributed by atoms with van der Waals surface area (Å²) < 4.78 is 0.918. The first kappa shape index (κ1) is 13.4. The van der Waals surface area contributed by atoms with Crippen molar-refractivity contribution in [3.8, 4) is 0 Å². The summed E-state index contributed by atoms with van der Waals surface area (Å²) >= 11 is 9.44. The maximum absolute atomic E-state index is 6.06. The lowest BCUT2D eigenvalue weighted by molar-refractivity contribution is 1.13. The lowest BCUT2D eigenvalue weighted by Gasteiger charge is -2.09. The van der Waals surface area contributed by atoms with Crippen molar-refractivity contribution in [1.82, 2.24) is 0 Å².